The summed E-state index contributed by atoms with van der Waals surface area (Å²) >= 11 is 12.3. The Labute approximate surface area is 212 Å². The van der Waals surface area contributed by atoms with Crippen LogP contribution in [0.4, 0.5) is 11.4 Å². The third kappa shape index (κ3) is 4.23. The summed E-state index contributed by atoms with van der Waals surface area (Å²) in [6.45, 7) is 1.89. The standard InChI is InChI=1S/C26H22Cl2N2O5/c1-14-10-17(7-9-21(14)30-24(32)18-4-2-3-5-19(18)25(30)33)35-26(34)15-11-23(31)29(13-15)22-12-16(27)6-8-20(22)28/h2-3,6-10,12,15,18-19H,4-5,11,13H2,1H3/t15-,18-,19-/m1/s1. The highest BCUT2D eigenvalue weighted by atomic mass is 35.5. The van der Waals surface area contributed by atoms with Crippen molar-refractivity contribution < 1.29 is 23.9 Å². The second-order valence-electron chi connectivity index (χ2n) is 9.04. The molecule has 0 radical (unpaired) electrons. The minimum absolute atomic E-state index is 0.00760. The maximum atomic E-state index is 12.9. The molecule has 0 aromatic heterocycles. The van der Waals surface area contributed by atoms with Crippen LogP contribution in [0, 0.1) is 24.7 Å². The molecule has 3 aliphatic rings. The van der Waals surface area contributed by atoms with Crippen LogP contribution >= 0.6 is 23.2 Å². The number of aryl methyl sites for hydroxylation is 1. The van der Waals surface area contributed by atoms with Gasteiger partial charge in [-0.3, -0.25) is 19.2 Å². The second kappa shape index (κ2) is 9.13. The highest BCUT2D eigenvalue weighted by Gasteiger charge is 2.48. The van der Waals surface area contributed by atoms with Crippen LogP contribution in [-0.4, -0.2) is 30.2 Å². The van der Waals surface area contributed by atoms with Crippen molar-refractivity contribution in [3.8, 4) is 5.75 Å². The molecule has 3 atom stereocenters. The van der Waals surface area contributed by atoms with Crippen LogP contribution in [-0.2, 0) is 19.2 Å². The Balaban J connectivity index is 1.29. The summed E-state index contributed by atoms with van der Waals surface area (Å²) in [5, 5.41) is 0.800. The van der Waals surface area contributed by atoms with Gasteiger partial charge in [0.2, 0.25) is 17.7 Å². The van der Waals surface area contributed by atoms with Crippen LogP contribution in [0.1, 0.15) is 24.8 Å². The Morgan fingerprint density at radius 1 is 0.943 bits per heavy atom. The number of anilines is 2. The monoisotopic (exact) mass is 512 g/mol. The first-order valence-corrected chi connectivity index (χ1v) is 12.1. The summed E-state index contributed by atoms with van der Waals surface area (Å²) < 4.78 is 5.56. The number of halogens is 2. The summed E-state index contributed by atoms with van der Waals surface area (Å²) in [6.07, 6.45) is 5.02. The Hall–Kier alpha value is -3.16. The average Bonchev–Trinajstić information content (AvgIpc) is 3.34. The first-order chi connectivity index (χ1) is 16.7. The number of nitrogens with zero attached hydrogens (tertiary/aromatic N) is 2. The molecule has 35 heavy (non-hydrogen) atoms. The van der Waals surface area contributed by atoms with E-state index >= 15 is 0 Å². The molecule has 7 nitrogen and oxygen atoms in total. The number of benzene rings is 2. The topological polar surface area (TPSA) is 84.0 Å². The van der Waals surface area contributed by atoms with E-state index in [0.29, 0.717) is 39.8 Å². The molecule has 180 valence electrons. The SMILES string of the molecule is Cc1cc(OC(=O)[C@@H]2CC(=O)N(c3cc(Cl)ccc3Cl)C2)ccc1N1C(=O)[C@@H]2CC=CC[C@H]2C1=O. The summed E-state index contributed by atoms with van der Waals surface area (Å²) in [5.74, 6) is -2.21. The molecule has 3 amide bonds. The molecule has 9 heteroatoms. The smallest absolute Gasteiger partial charge is 0.316 e. The lowest BCUT2D eigenvalue weighted by Gasteiger charge is -2.19. The van der Waals surface area contributed by atoms with Gasteiger partial charge in [-0.25, -0.2) is 4.90 Å². The van der Waals surface area contributed by atoms with Crippen LogP contribution in [0.25, 0.3) is 0 Å². The molecule has 2 aliphatic heterocycles. The van der Waals surface area contributed by atoms with Crippen molar-refractivity contribution in [3.05, 3.63) is 64.2 Å². The van der Waals surface area contributed by atoms with Crippen molar-refractivity contribution >= 4 is 58.3 Å². The van der Waals surface area contributed by atoms with Gasteiger partial charge in [-0.15, -0.1) is 0 Å². The lowest BCUT2D eigenvalue weighted by Crippen LogP contribution is -2.31. The number of allylic oxidation sites excluding steroid dienone is 2. The van der Waals surface area contributed by atoms with Crippen molar-refractivity contribution in [3.63, 3.8) is 0 Å². The largest absolute Gasteiger partial charge is 0.426 e. The lowest BCUT2D eigenvalue weighted by molar-refractivity contribution is -0.139. The zero-order valence-electron chi connectivity index (χ0n) is 18.9. The molecule has 0 unspecified atom stereocenters. The van der Waals surface area contributed by atoms with Gasteiger partial charge in [0, 0.05) is 18.0 Å². The maximum absolute atomic E-state index is 12.9. The maximum Gasteiger partial charge on any atom is 0.316 e. The molecular weight excluding hydrogens is 491 g/mol. The van der Waals surface area contributed by atoms with Crippen molar-refractivity contribution in [2.24, 2.45) is 17.8 Å². The predicted molar refractivity (Wildman–Crippen MR) is 132 cm³/mol. The molecule has 2 saturated heterocycles. The van der Waals surface area contributed by atoms with Crippen molar-refractivity contribution in [1.29, 1.82) is 0 Å². The summed E-state index contributed by atoms with van der Waals surface area (Å²) in [4.78, 5) is 53.9. The number of carbonyl (C=O) groups excluding carboxylic acids is 4. The van der Waals surface area contributed by atoms with Gasteiger partial charge in [-0.1, -0.05) is 35.4 Å². The number of amides is 3. The molecule has 0 saturated carbocycles. The zero-order valence-corrected chi connectivity index (χ0v) is 20.4. The van der Waals surface area contributed by atoms with Gasteiger partial charge in [0.1, 0.15) is 5.75 Å². The molecule has 0 bridgehead atoms. The van der Waals surface area contributed by atoms with Gasteiger partial charge in [0.15, 0.2) is 0 Å². The van der Waals surface area contributed by atoms with E-state index < -0.39 is 11.9 Å². The number of imide groups is 1. The summed E-state index contributed by atoms with van der Waals surface area (Å²) in [7, 11) is 0. The molecule has 2 heterocycles. The second-order valence-corrected chi connectivity index (χ2v) is 9.88. The first kappa shape index (κ1) is 23.6. The van der Waals surface area contributed by atoms with Crippen LogP contribution in [0.2, 0.25) is 10.0 Å². The number of carbonyl (C=O) groups is 4. The number of hydrogen-bond acceptors (Lipinski definition) is 5. The fourth-order valence-corrected chi connectivity index (χ4v) is 5.36. The van der Waals surface area contributed by atoms with Crippen LogP contribution < -0.4 is 14.5 Å². The highest BCUT2D eigenvalue weighted by Crippen LogP contribution is 2.39. The van der Waals surface area contributed by atoms with E-state index in [1.54, 1.807) is 43.3 Å². The van der Waals surface area contributed by atoms with Crippen LogP contribution in [0.3, 0.4) is 0 Å². The predicted octanol–water partition coefficient (Wildman–Crippen LogP) is 4.72. The van der Waals surface area contributed by atoms with Gasteiger partial charge in [0.25, 0.3) is 0 Å². The van der Waals surface area contributed by atoms with E-state index in [9.17, 15) is 19.2 Å². The molecule has 1 aliphatic carbocycles. The zero-order chi connectivity index (χ0) is 24.9. The van der Waals surface area contributed by atoms with Gasteiger partial charge >= 0.3 is 5.97 Å². The van der Waals surface area contributed by atoms with Crippen molar-refractivity contribution in [1.82, 2.24) is 0 Å². The molecule has 0 spiro atoms. The van der Waals surface area contributed by atoms with Gasteiger partial charge in [-0.2, -0.15) is 0 Å². The van der Waals surface area contributed by atoms with Gasteiger partial charge < -0.3 is 9.64 Å². The van der Waals surface area contributed by atoms with Crippen molar-refractivity contribution in [2.45, 2.75) is 26.2 Å². The Morgan fingerprint density at radius 2 is 1.63 bits per heavy atom. The molecule has 0 N–H and O–H groups in total. The van der Waals surface area contributed by atoms with E-state index in [1.807, 2.05) is 12.2 Å². The van der Waals surface area contributed by atoms with E-state index in [-0.39, 0.29) is 48.3 Å². The summed E-state index contributed by atoms with van der Waals surface area (Å²) in [6, 6.07) is 9.62. The van der Waals surface area contributed by atoms with Crippen LogP contribution in [0.15, 0.2) is 48.6 Å². The number of esters is 1. The fraction of sp³-hybridized carbons (Fsp3) is 0.308. The number of hydrogen-bond donors (Lipinski definition) is 0. The molecular formula is C26H22Cl2N2O5. The van der Waals surface area contributed by atoms with Crippen molar-refractivity contribution in [2.75, 3.05) is 16.3 Å². The van der Waals surface area contributed by atoms with E-state index in [1.165, 1.54) is 9.80 Å². The van der Waals surface area contributed by atoms with Crippen LogP contribution in [0.5, 0.6) is 5.75 Å². The number of rotatable bonds is 4. The van der Waals surface area contributed by atoms with Gasteiger partial charge in [-0.05, 0) is 61.7 Å². The molecule has 5 rings (SSSR count). The van der Waals surface area contributed by atoms with E-state index in [2.05, 4.69) is 0 Å². The third-order valence-corrected chi connectivity index (χ3v) is 7.35. The fourth-order valence-electron chi connectivity index (χ4n) is 4.97. The number of ether oxygens (including phenoxy) is 1. The minimum Gasteiger partial charge on any atom is -0.426 e. The quantitative estimate of drug-likeness (QED) is 0.256. The Morgan fingerprint density at radius 3 is 2.29 bits per heavy atom. The lowest BCUT2D eigenvalue weighted by atomic mass is 9.85. The van der Waals surface area contributed by atoms with E-state index in [4.69, 9.17) is 27.9 Å². The minimum atomic E-state index is -0.671. The summed E-state index contributed by atoms with van der Waals surface area (Å²) in [5.41, 5.74) is 1.58. The molecule has 2 aromatic carbocycles. The third-order valence-electron chi connectivity index (χ3n) is 6.79. The number of fused-ring (bicyclic) bond motifs is 1. The molecule has 2 aromatic rings. The van der Waals surface area contributed by atoms with E-state index in [0.717, 1.165) is 0 Å². The van der Waals surface area contributed by atoms with Gasteiger partial charge in [0.05, 0.1) is 34.2 Å². The Bertz CT molecular complexity index is 1260. The first-order valence-electron chi connectivity index (χ1n) is 11.3. The average molecular weight is 513 g/mol. The Kier molecular flexibility index (Phi) is 6.15. The normalized spacial score (nSPS) is 23.7. The highest BCUT2D eigenvalue weighted by molar-refractivity contribution is 6.36. The molecule has 2 fully saturated rings.